The first-order valence-corrected chi connectivity index (χ1v) is 7.93. The summed E-state index contributed by atoms with van der Waals surface area (Å²) in [5.74, 6) is 0. The van der Waals surface area contributed by atoms with Gasteiger partial charge in [0.1, 0.15) is 16.1 Å². The number of hydrogen-bond donors (Lipinski definition) is 0. The van der Waals surface area contributed by atoms with Crippen LogP contribution in [0.5, 0.6) is 0 Å². The van der Waals surface area contributed by atoms with Gasteiger partial charge in [0.05, 0.1) is 6.61 Å². The zero-order valence-corrected chi connectivity index (χ0v) is 11.2. The molecule has 0 N–H and O–H groups in total. The Bertz CT molecular complexity index is 722. The molecule has 20 heavy (non-hydrogen) atoms. The molecule has 6 nitrogen and oxygen atoms in total. The van der Waals surface area contributed by atoms with Crippen molar-refractivity contribution in [1.29, 1.82) is 0 Å². The predicted octanol–water partition coefficient (Wildman–Crippen LogP) is 1.67. The number of rotatable bonds is 4. The van der Waals surface area contributed by atoms with E-state index < -0.39 is 30.5 Å². The Morgan fingerprint density at radius 2 is 1.80 bits per heavy atom. The monoisotopic (exact) mass is 330 g/mol. The van der Waals surface area contributed by atoms with Gasteiger partial charge in [0, 0.05) is 4.90 Å². The Balaban J connectivity index is 2.34. The van der Waals surface area contributed by atoms with Crippen LogP contribution >= 0.6 is 0 Å². The van der Waals surface area contributed by atoms with Gasteiger partial charge in [-0.1, -0.05) is 12.1 Å². The summed E-state index contributed by atoms with van der Waals surface area (Å²) in [5, 5.41) is 0. The summed E-state index contributed by atoms with van der Waals surface area (Å²) >= 11 is 0. The zero-order chi connectivity index (χ0) is 15.2. The van der Waals surface area contributed by atoms with Crippen molar-refractivity contribution in [2.45, 2.75) is 16.5 Å². The van der Waals surface area contributed by atoms with E-state index in [2.05, 4.69) is 0 Å². The molecular weight excluding hydrogens is 323 g/mol. The smallest absolute Gasteiger partial charge is 0.424 e. The van der Waals surface area contributed by atoms with Crippen LogP contribution in [0.1, 0.15) is 11.7 Å². The number of halogens is 3. The predicted molar refractivity (Wildman–Crippen MR) is 60.7 cm³/mol. The van der Waals surface area contributed by atoms with E-state index in [9.17, 15) is 30.0 Å². The fourth-order valence-electron chi connectivity index (χ4n) is 1.33. The first-order valence-electron chi connectivity index (χ1n) is 5.05. The molecule has 112 valence electrons. The highest BCUT2D eigenvalue weighted by Gasteiger charge is 2.40. The van der Waals surface area contributed by atoms with Crippen LogP contribution in [0.2, 0.25) is 0 Å². The maximum absolute atomic E-state index is 12.1. The summed E-state index contributed by atoms with van der Waals surface area (Å²) in [6, 6.07) is 4.76. The molecular formula is C9H7F3NO5S2-. The maximum atomic E-state index is 12.1. The second-order valence-corrected chi connectivity index (χ2v) is 7.30. The summed E-state index contributed by atoms with van der Waals surface area (Å²) < 4.78 is 88.0. The molecule has 1 fully saturated rings. The highest BCUT2D eigenvalue weighted by atomic mass is 32.3. The van der Waals surface area contributed by atoms with Crippen molar-refractivity contribution in [2.75, 3.05) is 6.61 Å². The Kier molecular flexibility index (Phi) is 3.57. The van der Waals surface area contributed by atoms with E-state index in [1.54, 1.807) is 0 Å². The topological polar surface area (TPSA) is 94.9 Å². The van der Waals surface area contributed by atoms with E-state index in [-0.39, 0.29) is 6.10 Å². The highest BCUT2D eigenvalue weighted by Crippen LogP contribution is 2.35. The number of sulfonamides is 2. The minimum atomic E-state index is -6.12. The van der Waals surface area contributed by atoms with Crippen molar-refractivity contribution in [2.24, 2.45) is 0 Å². The van der Waals surface area contributed by atoms with Crippen molar-refractivity contribution in [1.82, 2.24) is 0 Å². The van der Waals surface area contributed by atoms with Crippen LogP contribution in [0.3, 0.4) is 0 Å². The third-order valence-electron chi connectivity index (χ3n) is 2.35. The Hall–Kier alpha value is -1.17. The van der Waals surface area contributed by atoms with E-state index >= 15 is 0 Å². The molecule has 2 rings (SSSR count). The number of nitrogens with zero attached hydrogens (tertiary/aromatic N) is 1. The third-order valence-corrected chi connectivity index (χ3v) is 5.35. The van der Waals surface area contributed by atoms with E-state index in [4.69, 9.17) is 4.74 Å². The SMILES string of the molecule is O=S(=O)([N-]S(=O)(=O)C(F)(F)F)c1cccc(C2CO2)c1. The Morgan fingerprint density at radius 1 is 1.20 bits per heavy atom. The summed E-state index contributed by atoms with van der Waals surface area (Å²) in [6.45, 7) is 0.363. The molecule has 1 heterocycles. The molecule has 0 aliphatic carbocycles. The Labute approximate surface area is 112 Å². The molecule has 1 aliphatic rings. The van der Waals surface area contributed by atoms with Gasteiger partial charge in [-0.3, -0.25) is 0 Å². The molecule has 1 unspecified atom stereocenters. The average molecular weight is 330 g/mol. The van der Waals surface area contributed by atoms with Gasteiger partial charge >= 0.3 is 5.51 Å². The van der Waals surface area contributed by atoms with Gasteiger partial charge in [0.15, 0.2) is 10.0 Å². The molecule has 1 aliphatic heterocycles. The highest BCUT2D eigenvalue weighted by molar-refractivity contribution is 8.12. The second kappa shape index (κ2) is 4.69. The summed E-state index contributed by atoms with van der Waals surface area (Å²) in [7, 11) is -11.1. The number of alkyl halides is 3. The second-order valence-electron chi connectivity index (χ2n) is 3.86. The molecule has 11 heteroatoms. The van der Waals surface area contributed by atoms with Crippen molar-refractivity contribution in [3.05, 3.63) is 34.0 Å². The number of hydrogen-bond acceptors (Lipinski definition) is 5. The van der Waals surface area contributed by atoms with Crippen molar-refractivity contribution >= 4 is 20.0 Å². The van der Waals surface area contributed by atoms with Crippen LogP contribution in [-0.4, -0.2) is 29.0 Å². The number of epoxide rings is 1. The lowest BCUT2D eigenvalue weighted by Gasteiger charge is -2.22. The van der Waals surface area contributed by atoms with Gasteiger partial charge in [-0.05, 0) is 17.7 Å². The van der Waals surface area contributed by atoms with Gasteiger partial charge in [-0.15, -0.1) is 0 Å². The molecule has 1 aromatic rings. The molecule has 1 saturated heterocycles. The van der Waals surface area contributed by atoms with Crippen LogP contribution < -0.4 is 0 Å². The molecule has 0 aromatic heterocycles. The summed E-state index contributed by atoms with van der Waals surface area (Å²) in [4.78, 5) is -0.640. The van der Waals surface area contributed by atoms with Gasteiger partial charge in [0.2, 0.25) is 0 Å². The van der Waals surface area contributed by atoms with Gasteiger partial charge in [-0.25, -0.2) is 16.8 Å². The minimum absolute atomic E-state index is 0.329. The van der Waals surface area contributed by atoms with Crippen molar-refractivity contribution in [3.8, 4) is 0 Å². The van der Waals surface area contributed by atoms with Crippen LogP contribution in [0.4, 0.5) is 13.2 Å². The van der Waals surface area contributed by atoms with Crippen molar-refractivity contribution < 1.29 is 34.7 Å². The van der Waals surface area contributed by atoms with E-state index in [1.807, 2.05) is 4.13 Å². The lowest BCUT2D eigenvalue weighted by molar-refractivity contribution is -0.0425. The molecule has 0 bridgehead atoms. The van der Waals surface area contributed by atoms with E-state index in [0.29, 0.717) is 12.2 Å². The normalized spacial score (nSPS) is 19.9. The van der Waals surface area contributed by atoms with Crippen molar-refractivity contribution in [3.63, 3.8) is 0 Å². The van der Waals surface area contributed by atoms with E-state index in [0.717, 1.165) is 12.1 Å². The molecule has 0 spiro atoms. The lowest BCUT2D eigenvalue weighted by atomic mass is 10.2. The third kappa shape index (κ3) is 3.11. The van der Waals surface area contributed by atoms with Crippen LogP contribution in [0.25, 0.3) is 4.13 Å². The standard InChI is InChI=1S/C9H7F3NO5S2/c10-9(11,12)20(16,17)13-19(14,15)7-3-1-2-6(4-7)8-5-18-8/h1-4,8H,5H2/q-1. The van der Waals surface area contributed by atoms with Crippen LogP contribution in [-0.2, 0) is 24.8 Å². The molecule has 1 atom stereocenters. The number of ether oxygens (including phenoxy) is 1. The first-order chi connectivity index (χ1) is 9.03. The number of benzene rings is 1. The van der Waals surface area contributed by atoms with Gasteiger partial charge in [-0.2, -0.15) is 13.2 Å². The van der Waals surface area contributed by atoms with E-state index in [1.165, 1.54) is 12.1 Å². The van der Waals surface area contributed by atoms with Crippen LogP contribution in [0.15, 0.2) is 29.2 Å². The fraction of sp³-hybridized carbons (Fsp3) is 0.333. The fourth-order valence-corrected chi connectivity index (χ4v) is 3.58. The average Bonchev–Trinajstić information content (AvgIpc) is 3.10. The quantitative estimate of drug-likeness (QED) is 0.783. The van der Waals surface area contributed by atoms with Crippen LogP contribution in [0, 0.1) is 0 Å². The molecule has 0 amide bonds. The molecule has 0 radical (unpaired) electrons. The Morgan fingerprint density at radius 3 is 2.30 bits per heavy atom. The largest absolute Gasteiger partial charge is 0.480 e. The first kappa shape index (κ1) is 15.2. The maximum Gasteiger partial charge on any atom is 0.480 e. The molecule has 1 aromatic carbocycles. The molecule has 0 saturated carbocycles. The lowest BCUT2D eigenvalue weighted by Crippen LogP contribution is -2.24. The summed E-state index contributed by atoms with van der Waals surface area (Å²) in [6.07, 6.45) is -0.329. The van der Waals surface area contributed by atoms with Gasteiger partial charge in [0.25, 0.3) is 0 Å². The zero-order valence-electron chi connectivity index (χ0n) is 9.53. The van der Waals surface area contributed by atoms with Gasteiger partial charge < -0.3 is 8.86 Å². The summed E-state index contributed by atoms with van der Waals surface area (Å²) in [5.41, 5.74) is -5.34. The minimum Gasteiger partial charge on any atom is -0.424 e.